The molecule has 0 saturated carbocycles. The number of Topliss-reactive ketones (excluding diaryl/α,β-unsaturated/α-hetero) is 1. The van der Waals surface area contributed by atoms with E-state index in [1.807, 2.05) is 0 Å². The molecule has 2 amide bonds. The molecule has 0 aromatic rings. The van der Waals surface area contributed by atoms with Crippen molar-refractivity contribution in [2.75, 3.05) is 13.1 Å². The van der Waals surface area contributed by atoms with Crippen molar-refractivity contribution in [3.05, 3.63) is 0 Å². The van der Waals surface area contributed by atoms with Gasteiger partial charge in [-0.15, -0.1) is 0 Å². The minimum atomic E-state index is -1.06. The lowest BCUT2D eigenvalue weighted by Crippen LogP contribution is -2.38. The third-order valence-corrected chi connectivity index (χ3v) is 2.16. The Labute approximate surface area is 105 Å². The Morgan fingerprint density at radius 3 is 2.22 bits per heavy atom. The van der Waals surface area contributed by atoms with E-state index in [9.17, 15) is 19.2 Å². The molecule has 0 aliphatic rings. The van der Waals surface area contributed by atoms with E-state index in [0.717, 1.165) is 0 Å². The summed E-state index contributed by atoms with van der Waals surface area (Å²) in [4.78, 5) is 43.5. The Morgan fingerprint density at radius 1 is 1.11 bits per heavy atom. The third-order valence-electron chi connectivity index (χ3n) is 2.16. The summed E-state index contributed by atoms with van der Waals surface area (Å²) in [5, 5.41) is 13.3. The molecule has 0 aliphatic carbocycles. The topological polar surface area (TPSA) is 113 Å². The molecule has 0 spiro atoms. The van der Waals surface area contributed by atoms with E-state index in [4.69, 9.17) is 5.11 Å². The van der Waals surface area contributed by atoms with Crippen LogP contribution in [0.5, 0.6) is 0 Å². The normalized spacial score (nSPS) is 11.4. The van der Waals surface area contributed by atoms with E-state index in [1.54, 1.807) is 0 Å². The van der Waals surface area contributed by atoms with Crippen LogP contribution in [-0.2, 0) is 19.2 Å². The van der Waals surface area contributed by atoms with Gasteiger partial charge >= 0.3 is 5.97 Å². The summed E-state index contributed by atoms with van der Waals surface area (Å²) in [5.74, 6) is -2.78. The van der Waals surface area contributed by atoms with Crippen LogP contribution in [0.4, 0.5) is 0 Å². The van der Waals surface area contributed by atoms with Gasteiger partial charge in [-0.05, 0) is 6.92 Å². The van der Waals surface area contributed by atoms with Crippen LogP contribution in [0.1, 0.15) is 26.7 Å². The molecule has 0 aliphatic heterocycles. The van der Waals surface area contributed by atoms with Gasteiger partial charge in [0.25, 0.3) is 0 Å². The molecule has 0 rings (SSSR count). The summed E-state index contributed by atoms with van der Waals surface area (Å²) >= 11 is 0. The van der Waals surface area contributed by atoms with Crippen LogP contribution in [0, 0.1) is 5.92 Å². The molecule has 0 saturated heterocycles. The van der Waals surface area contributed by atoms with Crippen molar-refractivity contribution in [1.29, 1.82) is 0 Å². The molecule has 102 valence electrons. The number of carbonyl (C=O) groups is 4. The Bertz CT molecular complexity index is 340. The van der Waals surface area contributed by atoms with Crippen molar-refractivity contribution in [2.24, 2.45) is 5.92 Å². The van der Waals surface area contributed by atoms with Crippen molar-refractivity contribution in [1.82, 2.24) is 10.6 Å². The highest BCUT2D eigenvalue weighted by Crippen LogP contribution is 2.00. The first-order chi connectivity index (χ1) is 8.32. The molecule has 1 atom stereocenters. The van der Waals surface area contributed by atoms with E-state index in [-0.39, 0.29) is 31.7 Å². The molecular weight excluding hydrogens is 240 g/mol. The number of nitrogens with one attached hydrogen (secondary N) is 2. The highest BCUT2D eigenvalue weighted by molar-refractivity contribution is 5.87. The second kappa shape index (κ2) is 8.21. The molecule has 0 fully saturated rings. The van der Waals surface area contributed by atoms with Crippen molar-refractivity contribution in [2.45, 2.75) is 26.7 Å². The van der Waals surface area contributed by atoms with E-state index >= 15 is 0 Å². The van der Waals surface area contributed by atoms with Crippen LogP contribution in [-0.4, -0.2) is 41.8 Å². The molecular formula is C11H18N2O5. The lowest BCUT2D eigenvalue weighted by molar-refractivity contribution is -0.143. The van der Waals surface area contributed by atoms with Crippen LogP contribution in [0.25, 0.3) is 0 Å². The monoisotopic (exact) mass is 258 g/mol. The number of carboxylic acid groups (broad SMARTS) is 1. The van der Waals surface area contributed by atoms with E-state index in [2.05, 4.69) is 10.6 Å². The summed E-state index contributed by atoms with van der Waals surface area (Å²) < 4.78 is 0. The zero-order valence-corrected chi connectivity index (χ0v) is 10.5. The predicted molar refractivity (Wildman–Crippen MR) is 62.7 cm³/mol. The Balaban J connectivity index is 3.75. The Hall–Kier alpha value is -1.92. The smallest absolute Gasteiger partial charge is 0.306 e. The summed E-state index contributed by atoms with van der Waals surface area (Å²) in [6, 6.07) is 0. The fraction of sp³-hybridized carbons (Fsp3) is 0.636. The highest BCUT2D eigenvalue weighted by Gasteiger charge is 2.15. The number of amides is 2. The summed E-state index contributed by atoms with van der Waals surface area (Å²) in [6.45, 7) is 2.84. The van der Waals surface area contributed by atoms with Gasteiger partial charge in [0.05, 0.1) is 12.5 Å². The van der Waals surface area contributed by atoms with Crippen LogP contribution in [0.3, 0.4) is 0 Å². The molecule has 0 heterocycles. The second-order valence-electron chi connectivity index (χ2n) is 4.02. The second-order valence-corrected chi connectivity index (χ2v) is 4.02. The number of ketones is 1. The average molecular weight is 258 g/mol. The van der Waals surface area contributed by atoms with Gasteiger partial charge in [0.1, 0.15) is 5.78 Å². The summed E-state index contributed by atoms with van der Waals surface area (Å²) in [6.07, 6.45) is 0.0752. The minimum Gasteiger partial charge on any atom is -0.481 e. The van der Waals surface area contributed by atoms with E-state index in [1.165, 1.54) is 13.8 Å². The van der Waals surface area contributed by atoms with Gasteiger partial charge < -0.3 is 15.7 Å². The van der Waals surface area contributed by atoms with Crippen LogP contribution >= 0.6 is 0 Å². The van der Waals surface area contributed by atoms with Crippen molar-refractivity contribution < 1.29 is 24.3 Å². The first kappa shape index (κ1) is 16.1. The van der Waals surface area contributed by atoms with Gasteiger partial charge in [0, 0.05) is 19.4 Å². The maximum absolute atomic E-state index is 11.2. The summed E-state index contributed by atoms with van der Waals surface area (Å²) in [5.41, 5.74) is 0. The molecule has 0 aromatic heterocycles. The number of hydrogen-bond donors (Lipinski definition) is 3. The molecule has 7 heteroatoms. The van der Waals surface area contributed by atoms with Crippen LogP contribution in [0.2, 0.25) is 0 Å². The minimum absolute atomic E-state index is 0.0328. The Morgan fingerprint density at radius 2 is 1.72 bits per heavy atom. The molecule has 0 aromatic carbocycles. The molecule has 3 N–H and O–H groups in total. The average Bonchev–Trinajstić information content (AvgIpc) is 2.25. The van der Waals surface area contributed by atoms with Gasteiger partial charge in [0.15, 0.2) is 0 Å². The fourth-order valence-corrected chi connectivity index (χ4v) is 1.06. The highest BCUT2D eigenvalue weighted by atomic mass is 16.4. The number of carboxylic acids is 1. The predicted octanol–water partition coefficient (Wildman–Crippen LogP) is -0.691. The van der Waals surface area contributed by atoms with Crippen molar-refractivity contribution in [3.63, 3.8) is 0 Å². The van der Waals surface area contributed by atoms with E-state index in [0.29, 0.717) is 0 Å². The van der Waals surface area contributed by atoms with Gasteiger partial charge in [-0.1, -0.05) is 6.92 Å². The fourth-order valence-electron chi connectivity index (χ4n) is 1.06. The van der Waals surface area contributed by atoms with Crippen LogP contribution < -0.4 is 10.6 Å². The third kappa shape index (κ3) is 8.26. The number of hydrogen-bond acceptors (Lipinski definition) is 4. The molecule has 1 unspecified atom stereocenters. The van der Waals surface area contributed by atoms with Gasteiger partial charge in [-0.3, -0.25) is 19.2 Å². The number of rotatable bonds is 8. The Kier molecular flexibility index (Phi) is 7.34. The van der Waals surface area contributed by atoms with Gasteiger partial charge in [-0.25, -0.2) is 0 Å². The maximum Gasteiger partial charge on any atom is 0.306 e. The molecule has 18 heavy (non-hydrogen) atoms. The first-order valence-corrected chi connectivity index (χ1v) is 5.58. The molecule has 0 radical (unpaired) electrons. The standard InChI is InChI=1S/C11H18N2O5/c1-7(11(17)18)5-9(15)13-6-10(16)12-4-3-8(2)14/h7H,3-6H2,1-2H3,(H,12,16)(H,13,15)(H,17,18). The molecule has 7 nitrogen and oxygen atoms in total. The zero-order valence-electron chi connectivity index (χ0n) is 10.5. The quantitative estimate of drug-likeness (QED) is 0.533. The number of aliphatic carboxylic acids is 1. The van der Waals surface area contributed by atoms with Gasteiger partial charge in [-0.2, -0.15) is 0 Å². The largest absolute Gasteiger partial charge is 0.481 e. The lowest BCUT2D eigenvalue weighted by atomic mass is 10.1. The number of carbonyl (C=O) groups excluding carboxylic acids is 3. The SMILES string of the molecule is CC(=O)CCNC(=O)CNC(=O)CC(C)C(=O)O. The van der Waals surface area contributed by atoms with Crippen molar-refractivity contribution >= 4 is 23.6 Å². The van der Waals surface area contributed by atoms with E-state index < -0.39 is 23.7 Å². The van der Waals surface area contributed by atoms with Gasteiger partial charge in [0.2, 0.25) is 11.8 Å². The molecule has 0 bridgehead atoms. The van der Waals surface area contributed by atoms with Crippen molar-refractivity contribution in [3.8, 4) is 0 Å². The first-order valence-electron chi connectivity index (χ1n) is 5.58. The zero-order chi connectivity index (χ0) is 14.1. The van der Waals surface area contributed by atoms with Crippen LogP contribution in [0.15, 0.2) is 0 Å². The maximum atomic E-state index is 11.2. The lowest BCUT2D eigenvalue weighted by Gasteiger charge is -2.08. The summed E-state index contributed by atoms with van der Waals surface area (Å²) in [7, 11) is 0.